The molecule has 0 aliphatic carbocycles. The number of aromatic amines is 2. The minimum atomic E-state index is 0.539. The summed E-state index contributed by atoms with van der Waals surface area (Å²) >= 11 is 0. The molecule has 0 aliphatic heterocycles. The lowest BCUT2D eigenvalue weighted by Crippen LogP contribution is -1.88. The molecule has 2 heterocycles. The normalized spacial score (nSPS) is 11.2. The number of nitrogens with one attached hydrogen (secondary N) is 2. The molecule has 2 aromatic carbocycles. The zero-order chi connectivity index (χ0) is 17.1. The Hall–Kier alpha value is -2.62. The number of rotatable bonds is 2. The van der Waals surface area contributed by atoms with Crippen LogP contribution in [0.25, 0.3) is 22.1 Å². The number of imidazole rings is 2. The average Bonchev–Trinajstić information content (AvgIpc) is 3.22. The van der Waals surface area contributed by atoms with Crippen molar-refractivity contribution in [1.29, 1.82) is 0 Å². The first-order chi connectivity index (χ1) is 11.6. The number of para-hydroxylation sites is 1. The maximum absolute atomic E-state index is 4.28. The standard InChI is InChI=1S/2C10H12N2/c1-7(2)8-3-4-9-10(5-8)12-6-11-9;1-7(2)8-4-3-5-9-10(8)12-6-11-9/h2*3-7H,1-2H3,(H,11,12). The summed E-state index contributed by atoms with van der Waals surface area (Å²) in [6.07, 6.45) is 3.48. The van der Waals surface area contributed by atoms with Gasteiger partial charge in [-0.05, 0) is 41.2 Å². The second kappa shape index (κ2) is 6.87. The van der Waals surface area contributed by atoms with Crippen LogP contribution in [0.2, 0.25) is 0 Å². The summed E-state index contributed by atoms with van der Waals surface area (Å²) in [6.45, 7) is 8.75. The summed E-state index contributed by atoms with van der Waals surface area (Å²) in [5, 5.41) is 0. The Morgan fingerprint density at radius 1 is 0.792 bits per heavy atom. The van der Waals surface area contributed by atoms with Gasteiger partial charge < -0.3 is 9.97 Å². The highest BCUT2D eigenvalue weighted by Gasteiger charge is 2.05. The summed E-state index contributed by atoms with van der Waals surface area (Å²) in [6, 6.07) is 12.6. The molecule has 0 radical (unpaired) electrons. The van der Waals surface area contributed by atoms with Crippen molar-refractivity contribution >= 4 is 22.1 Å². The van der Waals surface area contributed by atoms with E-state index in [-0.39, 0.29) is 0 Å². The highest BCUT2D eigenvalue weighted by atomic mass is 14.9. The quantitative estimate of drug-likeness (QED) is 0.521. The monoisotopic (exact) mass is 320 g/mol. The van der Waals surface area contributed by atoms with Crippen molar-refractivity contribution in [3.05, 3.63) is 60.2 Å². The third kappa shape index (κ3) is 3.32. The van der Waals surface area contributed by atoms with Gasteiger partial charge in [0, 0.05) is 0 Å². The molecule has 24 heavy (non-hydrogen) atoms. The molecule has 124 valence electrons. The lowest BCUT2D eigenvalue weighted by atomic mass is 10.0. The topological polar surface area (TPSA) is 57.4 Å². The molecule has 4 nitrogen and oxygen atoms in total. The Balaban J connectivity index is 0.000000141. The van der Waals surface area contributed by atoms with E-state index >= 15 is 0 Å². The van der Waals surface area contributed by atoms with Gasteiger partial charge in [0.05, 0.1) is 34.7 Å². The van der Waals surface area contributed by atoms with Gasteiger partial charge in [-0.3, -0.25) is 0 Å². The van der Waals surface area contributed by atoms with Gasteiger partial charge in [0.2, 0.25) is 0 Å². The third-order valence-corrected chi connectivity index (χ3v) is 4.21. The van der Waals surface area contributed by atoms with Crippen molar-refractivity contribution in [3.63, 3.8) is 0 Å². The van der Waals surface area contributed by atoms with Crippen molar-refractivity contribution in [2.45, 2.75) is 39.5 Å². The van der Waals surface area contributed by atoms with E-state index in [9.17, 15) is 0 Å². The SMILES string of the molecule is CC(C)c1ccc2nc[nH]c2c1.CC(C)c1cccc2[nH]cnc12. The Bertz CT molecular complexity index is 930. The van der Waals surface area contributed by atoms with Gasteiger partial charge >= 0.3 is 0 Å². The molecule has 2 N–H and O–H groups in total. The van der Waals surface area contributed by atoms with E-state index < -0.39 is 0 Å². The van der Waals surface area contributed by atoms with Gasteiger partial charge in [-0.15, -0.1) is 0 Å². The number of nitrogens with zero attached hydrogens (tertiary/aromatic N) is 2. The molecule has 2 aromatic heterocycles. The van der Waals surface area contributed by atoms with Gasteiger partial charge in [-0.1, -0.05) is 45.9 Å². The predicted octanol–water partition coefficient (Wildman–Crippen LogP) is 5.37. The highest BCUT2D eigenvalue weighted by Crippen LogP contribution is 2.22. The number of benzene rings is 2. The number of hydrogen-bond donors (Lipinski definition) is 2. The minimum absolute atomic E-state index is 0.539. The van der Waals surface area contributed by atoms with Crippen LogP contribution in [-0.2, 0) is 0 Å². The molecule has 4 heteroatoms. The maximum atomic E-state index is 4.28. The van der Waals surface area contributed by atoms with Crippen LogP contribution in [-0.4, -0.2) is 19.9 Å². The molecule has 0 saturated carbocycles. The molecule has 0 saturated heterocycles. The van der Waals surface area contributed by atoms with E-state index in [1.54, 1.807) is 12.7 Å². The smallest absolute Gasteiger partial charge is 0.0931 e. The summed E-state index contributed by atoms with van der Waals surface area (Å²) in [7, 11) is 0. The van der Waals surface area contributed by atoms with Crippen LogP contribution in [0.1, 0.15) is 50.7 Å². The predicted molar refractivity (Wildman–Crippen MR) is 100 cm³/mol. The van der Waals surface area contributed by atoms with E-state index in [4.69, 9.17) is 0 Å². The third-order valence-electron chi connectivity index (χ3n) is 4.21. The van der Waals surface area contributed by atoms with Crippen molar-refractivity contribution in [3.8, 4) is 0 Å². The van der Waals surface area contributed by atoms with Crippen LogP contribution < -0.4 is 0 Å². The fourth-order valence-corrected chi connectivity index (χ4v) is 2.77. The van der Waals surface area contributed by atoms with Crippen LogP contribution in [0.15, 0.2) is 49.1 Å². The van der Waals surface area contributed by atoms with Crippen molar-refractivity contribution in [2.75, 3.05) is 0 Å². The largest absolute Gasteiger partial charge is 0.345 e. The average molecular weight is 320 g/mol. The molecule has 4 aromatic rings. The zero-order valence-electron chi connectivity index (χ0n) is 14.7. The molecule has 0 unspecified atom stereocenters. The van der Waals surface area contributed by atoms with Crippen LogP contribution >= 0.6 is 0 Å². The Morgan fingerprint density at radius 2 is 1.54 bits per heavy atom. The first-order valence-corrected chi connectivity index (χ1v) is 8.41. The van der Waals surface area contributed by atoms with Crippen molar-refractivity contribution < 1.29 is 0 Å². The molecular weight excluding hydrogens is 296 g/mol. The number of fused-ring (bicyclic) bond motifs is 2. The van der Waals surface area contributed by atoms with Gasteiger partial charge in [-0.2, -0.15) is 0 Å². The molecule has 0 amide bonds. The van der Waals surface area contributed by atoms with Crippen LogP contribution in [0.5, 0.6) is 0 Å². The fourth-order valence-electron chi connectivity index (χ4n) is 2.77. The van der Waals surface area contributed by atoms with Crippen LogP contribution in [0.4, 0.5) is 0 Å². The second-order valence-electron chi connectivity index (χ2n) is 6.63. The van der Waals surface area contributed by atoms with Gasteiger partial charge in [0.15, 0.2) is 0 Å². The minimum Gasteiger partial charge on any atom is -0.345 e. The molecule has 0 fully saturated rings. The molecule has 0 aliphatic rings. The number of H-pyrrole nitrogens is 2. The lowest BCUT2D eigenvalue weighted by molar-refractivity contribution is 0.868. The molecule has 4 rings (SSSR count). The van der Waals surface area contributed by atoms with Gasteiger partial charge in [0.25, 0.3) is 0 Å². The van der Waals surface area contributed by atoms with Crippen molar-refractivity contribution in [1.82, 2.24) is 19.9 Å². The molecule has 0 atom stereocenters. The highest BCUT2D eigenvalue weighted by molar-refractivity contribution is 5.78. The van der Waals surface area contributed by atoms with Crippen LogP contribution in [0, 0.1) is 0 Å². The number of hydrogen-bond acceptors (Lipinski definition) is 2. The second-order valence-corrected chi connectivity index (χ2v) is 6.63. The summed E-state index contributed by atoms with van der Waals surface area (Å²) in [5.41, 5.74) is 7.06. The van der Waals surface area contributed by atoms with Gasteiger partial charge in [-0.25, -0.2) is 9.97 Å². The van der Waals surface area contributed by atoms with E-state index in [0.29, 0.717) is 11.8 Å². The molecule has 0 bridgehead atoms. The summed E-state index contributed by atoms with van der Waals surface area (Å²) < 4.78 is 0. The number of aromatic nitrogens is 4. The Kier molecular flexibility index (Phi) is 4.65. The van der Waals surface area contributed by atoms with E-state index in [1.165, 1.54) is 11.1 Å². The first kappa shape index (κ1) is 16.2. The lowest BCUT2D eigenvalue weighted by Gasteiger charge is -2.04. The van der Waals surface area contributed by atoms with E-state index in [2.05, 4.69) is 78.0 Å². The summed E-state index contributed by atoms with van der Waals surface area (Å²) in [4.78, 5) is 14.7. The van der Waals surface area contributed by atoms with Crippen LogP contribution in [0.3, 0.4) is 0 Å². The fraction of sp³-hybridized carbons (Fsp3) is 0.300. The van der Waals surface area contributed by atoms with E-state index in [1.807, 2.05) is 6.07 Å². The van der Waals surface area contributed by atoms with Gasteiger partial charge in [0.1, 0.15) is 0 Å². The molecular formula is C20H24N4. The van der Waals surface area contributed by atoms with E-state index in [0.717, 1.165) is 22.1 Å². The Labute approximate surface area is 142 Å². The first-order valence-electron chi connectivity index (χ1n) is 8.41. The zero-order valence-corrected chi connectivity index (χ0v) is 14.7. The Morgan fingerprint density at radius 3 is 2.29 bits per heavy atom. The summed E-state index contributed by atoms with van der Waals surface area (Å²) in [5.74, 6) is 1.12. The maximum Gasteiger partial charge on any atom is 0.0931 e. The molecule has 0 spiro atoms. The van der Waals surface area contributed by atoms with Crippen molar-refractivity contribution in [2.24, 2.45) is 0 Å².